The Morgan fingerprint density at radius 3 is 2.11 bits per heavy atom. The number of fused-ring (bicyclic) bond motifs is 3. The first-order chi connectivity index (χ1) is 12.8. The second kappa shape index (κ2) is 4.39. The summed E-state index contributed by atoms with van der Waals surface area (Å²) in [6.07, 6.45) is 0. The van der Waals surface area contributed by atoms with E-state index in [1.165, 1.54) is 0 Å². The smallest absolute Gasteiger partial charge is 0.242 e. The van der Waals surface area contributed by atoms with Crippen LogP contribution in [0.4, 0.5) is 0 Å². The zero-order chi connectivity index (χ0) is 21.3. The molecule has 1 nitrogen and oxygen atoms in total. The molecule has 0 aliphatic rings. The van der Waals surface area contributed by atoms with Gasteiger partial charge in [0.1, 0.15) is 5.75 Å². The summed E-state index contributed by atoms with van der Waals surface area (Å²) in [7, 11) is -2.33. The van der Waals surface area contributed by atoms with Crippen molar-refractivity contribution >= 4 is 29.9 Å². The Bertz CT molecular complexity index is 1170. The normalized spacial score (nSPS) is 18.6. The second-order valence-corrected chi connectivity index (χ2v) is 9.60. The van der Waals surface area contributed by atoms with Crippen molar-refractivity contribution in [1.29, 1.82) is 0 Å². The Morgan fingerprint density at radius 1 is 0.842 bits per heavy atom. The molecule has 3 aromatic rings. The van der Waals surface area contributed by atoms with E-state index < -0.39 is 56.7 Å². The van der Waals surface area contributed by atoms with Gasteiger partial charge in [-0.3, -0.25) is 0 Å². The van der Waals surface area contributed by atoms with Crippen LogP contribution in [-0.2, 0) is 0 Å². The van der Waals surface area contributed by atoms with Crippen LogP contribution in [0.1, 0.15) is 12.3 Å². The van der Waals surface area contributed by atoms with Gasteiger partial charge in [0.2, 0.25) is 8.32 Å². The lowest BCUT2D eigenvalue weighted by Gasteiger charge is -2.21. The molecule has 2 heteroatoms. The van der Waals surface area contributed by atoms with Crippen LogP contribution in [0.3, 0.4) is 0 Å². The van der Waals surface area contributed by atoms with Gasteiger partial charge in [0, 0.05) is 5.39 Å². The van der Waals surface area contributed by atoms with Gasteiger partial charge in [-0.15, -0.1) is 0 Å². The third-order valence-corrected chi connectivity index (χ3v) is 3.32. The van der Waals surface area contributed by atoms with E-state index in [1.54, 1.807) is 0 Å². The molecule has 0 atom stereocenters. The average molecular weight is 275 g/mol. The molecule has 0 aliphatic carbocycles. The topological polar surface area (TPSA) is 9.23 Å². The molecule has 0 radical (unpaired) electrons. The summed E-state index contributed by atoms with van der Waals surface area (Å²) in [5.41, 5.74) is 0. The van der Waals surface area contributed by atoms with Crippen LogP contribution < -0.4 is 4.43 Å². The first-order valence-corrected chi connectivity index (χ1v) is 9.32. The van der Waals surface area contributed by atoms with Gasteiger partial charge in [-0.2, -0.15) is 0 Å². The molecule has 19 heavy (non-hydrogen) atoms. The first-order valence-electron chi connectivity index (χ1n) is 10.4. The van der Waals surface area contributed by atoms with Crippen LogP contribution in [0.2, 0.25) is 19.6 Å². The molecule has 0 amide bonds. The third kappa shape index (κ3) is 2.36. The number of hydrogen-bond donors (Lipinski definition) is 0. The molecule has 3 rings (SSSR count). The van der Waals surface area contributed by atoms with Gasteiger partial charge < -0.3 is 4.43 Å². The van der Waals surface area contributed by atoms with Gasteiger partial charge in [-0.05, 0) is 41.8 Å². The van der Waals surface area contributed by atoms with Gasteiger partial charge in [-0.25, -0.2) is 0 Å². The van der Waals surface area contributed by atoms with Crippen molar-refractivity contribution in [3.05, 3.63) is 54.4 Å². The lowest BCUT2D eigenvalue weighted by molar-refractivity contribution is 0.565. The number of hydrogen-bond acceptors (Lipinski definition) is 1. The Labute approximate surface area is 127 Å². The van der Waals surface area contributed by atoms with E-state index in [0.29, 0.717) is 0 Å². The van der Waals surface area contributed by atoms with E-state index in [9.17, 15) is 0 Å². The largest absolute Gasteiger partial charge is 0.544 e. The van der Waals surface area contributed by atoms with E-state index in [0.717, 1.165) is 0 Å². The summed E-state index contributed by atoms with van der Waals surface area (Å²) in [6, 6.07) is -4.04. The van der Waals surface area contributed by atoms with Crippen LogP contribution in [-0.4, -0.2) is 8.32 Å². The van der Waals surface area contributed by atoms with Gasteiger partial charge >= 0.3 is 0 Å². The summed E-state index contributed by atoms with van der Waals surface area (Å²) in [5.74, 6) is -0.0707. The Morgan fingerprint density at radius 2 is 1.42 bits per heavy atom. The summed E-state index contributed by atoms with van der Waals surface area (Å²) in [5, 5.41) is -0.300. The number of rotatable bonds is 2. The molecular weight excluding hydrogens is 248 g/mol. The van der Waals surface area contributed by atoms with Crippen molar-refractivity contribution in [1.82, 2.24) is 0 Å². The lowest BCUT2D eigenvalue weighted by atomic mass is 10.0. The highest BCUT2D eigenvalue weighted by Gasteiger charge is 2.18. The Hall–Kier alpha value is -1.80. The first kappa shape index (κ1) is 5.67. The van der Waals surface area contributed by atoms with Gasteiger partial charge in [-0.1, -0.05) is 48.3 Å². The van der Waals surface area contributed by atoms with Crippen molar-refractivity contribution in [2.45, 2.75) is 19.6 Å². The minimum atomic E-state index is -2.33. The predicted octanol–water partition coefficient (Wildman–Crippen LogP) is 5.21. The highest BCUT2D eigenvalue weighted by molar-refractivity contribution is 6.70. The maximum atomic E-state index is 8.59. The van der Waals surface area contributed by atoms with Crippen LogP contribution in [0, 0.1) is 0 Å². The zero-order valence-electron chi connectivity index (χ0n) is 19.9. The van der Waals surface area contributed by atoms with E-state index >= 15 is 0 Å². The number of benzene rings is 3. The minimum absolute atomic E-state index is 0.0315. The second-order valence-electron chi connectivity index (χ2n) is 5.17. The van der Waals surface area contributed by atoms with Gasteiger partial charge in [0.25, 0.3) is 0 Å². The van der Waals surface area contributed by atoms with Gasteiger partial charge in [0.15, 0.2) is 0 Å². The van der Waals surface area contributed by atoms with E-state index in [4.69, 9.17) is 16.8 Å². The fourth-order valence-electron chi connectivity index (χ4n) is 1.82. The lowest BCUT2D eigenvalue weighted by Crippen LogP contribution is -2.29. The summed E-state index contributed by atoms with van der Waals surface area (Å²) < 4.78 is 79.7. The Balaban J connectivity index is 2.80. The average Bonchev–Trinajstić information content (AvgIpc) is 2.61. The maximum absolute atomic E-state index is 8.59. The molecule has 3 aromatic carbocycles. The maximum Gasteiger partial charge on any atom is 0.242 e. The molecule has 0 aliphatic heterocycles. The van der Waals surface area contributed by atoms with Crippen molar-refractivity contribution in [3.8, 4) is 5.75 Å². The van der Waals surface area contributed by atoms with Crippen molar-refractivity contribution in [3.63, 3.8) is 0 Å². The van der Waals surface area contributed by atoms with Crippen molar-refractivity contribution in [2.75, 3.05) is 0 Å². The molecule has 0 fully saturated rings. The monoisotopic (exact) mass is 275 g/mol. The quantitative estimate of drug-likeness (QED) is 0.461. The fourth-order valence-corrected chi connectivity index (χ4v) is 2.59. The van der Waals surface area contributed by atoms with E-state index in [1.807, 2.05) is 19.6 Å². The van der Waals surface area contributed by atoms with E-state index in [-0.39, 0.29) is 33.3 Å². The molecule has 0 aromatic heterocycles. The molecule has 0 unspecified atom stereocenters. The summed E-state index contributed by atoms with van der Waals surface area (Å²) in [4.78, 5) is 0. The zero-order valence-corrected chi connectivity index (χ0v) is 11.9. The fraction of sp³-hybridized carbons (Fsp3) is 0.176. The van der Waals surface area contributed by atoms with Crippen LogP contribution in [0.25, 0.3) is 21.5 Å². The van der Waals surface area contributed by atoms with Crippen LogP contribution >= 0.6 is 0 Å². The van der Waals surface area contributed by atoms with Crippen LogP contribution in [0.15, 0.2) is 54.4 Å². The molecule has 0 bridgehead atoms. The summed E-state index contributed by atoms with van der Waals surface area (Å²) in [6.45, 7) is 5.57. The van der Waals surface area contributed by atoms with Gasteiger partial charge in [0.05, 0.1) is 12.3 Å². The molecule has 0 N–H and O–H groups in total. The van der Waals surface area contributed by atoms with E-state index in [2.05, 4.69) is 0 Å². The molecule has 96 valence electrons. The predicted molar refractivity (Wildman–Crippen MR) is 85.4 cm³/mol. The van der Waals surface area contributed by atoms with Crippen LogP contribution in [0.5, 0.6) is 5.75 Å². The van der Waals surface area contributed by atoms with Crippen molar-refractivity contribution in [2.24, 2.45) is 0 Å². The minimum Gasteiger partial charge on any atom is -0.544 e. The summed E-state index contributed by atoms with van der Waals surface area (Å²) >= 11 is 0. The standard InChI is InChI=1S/C17H18OSi/c1-19(2,3)18-17-12-13-8-4-5-9-14(13)15-10-6-7-11-16(15)17/h4-12H,1-3H3/i4D,5D,6D,7D,8D,9D,10D,11D,12D. The third-order valence-electron chi connectivity index (χ3n) is 2.50. The molecule has 0 saturated carbocycles. The highest BCUT2D eigenvalue weighted by atomic mass is 28.4. The molecule has 0 saturated heterocycles. The molecule has 0 heterocycles. The highest BCUT2D eigenvalue weighted by Crippen LogP contribution is 2.34. The SMILES string of the molecule is [2H]c1c([2H])c([2H])c2c(c1[2H])c([2H])c(O[Si](C)(C)C)c1c([2H])c([2H])c([2H])c([2H])c12. The molecular formula is C17H18OSi. The van der Waals surface area contributed by atoms with Crippen molar-refractivity contribution < 1.29 is 16.8 Å². The molecule has 0 spiro atoms. The Kier molecular flexibility index (Phi) is 1.31.